The maximum Gasteiger partial charge on any atom is 0.223 e. The fourth-order valence-electron chi connectivity index (χ4n) is 1.12. The minimum absolute atomic E-state index is 0.0648. The summed E-state index contributed by atoms with van der Waals surface area (Å²) in [6.45, 7) is 5.83. The van der Waals surface area contributed by atoms with Crippen LogP contribution in [0.15, 0.2) is 22.8 Å². The smallest absolute Gasteiger partial charge is 0.223 e. The van der Waals surface area contributed by atoms with Gasteiger partial charge in [0.05, 0.1) is 18.7 Å². The molecule has 1 aromatic heterocycles. The average molecular weight is 257 g/mol. The second-order valence-electron chi connectivity index (χ2n) is 3.38. The number of furan rings is 1. The molecule has 2 heterocycles. The Morgan fingerprint density at radius 2 is 1.94 bits per heavy atom. The van der Waals surface area contributed by atoms with Crippen LogP contribution in [0.3, 0.4) is 0 Å². The van der Waals surface area contributed by atoms with E-state index >= 15 is 0 Å². The Balaban J connectivity index is 0.000000315. The minimum atomic E-state index is -0.0648. The number of amides is 1. The van der Waals surface area contributed by atoms with Crippen molar-refractivity contribution in [1.29, 1.82) is 0 Å². The van der Waals surface area contributed by atoms with Crippen molar-refractivity contribution in [2.45, 2.75) is 39.5 Å². The highest BCUT2D eigenvalue weighted by Gasteiger charge is 2.28. The van der Waals surface area contributed by atoms with Crippen LogP contribution in [-0.2, 0) is 14.3 Å². The Morgan fingerprint density at radius 3 is 2.22 bits per heavy atom. The molecule has 104 valence electrons. The molecule has 1 aromatic rings. The van der Waals surface area contributed by atoms with Crippen molar-refractivity contribution in [3.05, 3.63) is 24.2 Å². The van der Waals surface area contributed by atoms with Crippen molar-refractivity contribution >= 4 is 5.91 Å². The maximum atomic E-state index is 10.5. The molecular formula is C13H23NO4. The van der Waals surface area contributed by atoms with Crippen LogP contribution in [0, 0.1) is 0 Å². The van der Waals surface area contributed by atoms with E-state index in [0.29, 0.717) is 6.42 Å². The molecule has 2 rings (SSSR count). The highest BCUT2D eigenvalue weighted by atomic mass is 16.7. The van der Waals surface area contributed by atoms with Crippen molar-refractivity contribution in [3.63, 3.8) is 0 Å². The SMILES string of the molecule is CC.COC(C)OC.O=C1C[C@H](c2ccco2)N1. The standard InChI is InChI=1S/C7H7NO2.C4H10O2.C2H6/c9-7-4-5(8-7)6-2-1-3-10-6;1-4(5-2)6-3;1-2/h1-3,5H,4H2,(H,8,9);4H,1-3H3;1-2H3/t5-;;/m1../s1. The minimum Gasteiger partial charge on any atom is -0.467 e. The molecule has 1 N–H and O–H groups in total. The molecule has 0 aliphatic carbocycles. The van der Waals surface area contributed by atoms with E-state index in [9.17, 15) is 4.79 Å². The van der Waals surface area contributed by atoms with Gasteiger partial charge in [0.2, 0.25) is 5.91 Å². The van der Waals surface area contributed by atoms with Gasteiger partial charge in [0, 0.05) is 14.2 Å². The normalized spacial score (nSPS) is 16.8. The van der Waals surface area contributed by atoms with Gasteiger partial charge in [0.25, 0.3) is 0 Å². The van der Waals surface area contributed by atoms with E-state index in [1.54, 1.807) is 20.5 Å². The van der Waals surface area contributed by atoms with Crippen LogP contribution in [0.4, 0.5) is 0 Å². The first-order valence-electron chi connectivity index (χ1n) is 6.05. The van der Waals surface area contributed by atoms with Gasteiger partial charge in [-0.1, -0.05) is 13.8 Å². The summed E-state index contributed by atoms with van der Waals surface area (Å²) < 4.78 is 14.4. The summed E-state index contributed by atoms with van der Waals surface area (Å²) in [7, 11) is 3.21. The van der Waals surface area contributed by atoms with Crippen LogP contribution in [-0.4, -0.2) is 26.4 Å². The number of methoxy groups -OCH3 is 2. The third-order valence-corrected chi connectivity index (χ3v) is 2.28. The van der Waals surface area contributed by atoms with Gasteiger partial charge >= 0.3 is 0 Å². The second-order valence-corrected chi connectivity index (χ2v) is 3.38. The lowest BCUT2D eigenvalue weighted by molar-refractivity contribution is -0.128. The highest BCUT2D eigenvalue weighted by molar-refractivity contribution is 5.83. The molecule has 1 atom stereocenters. The third kappa shape index (κ3) is 5.84. The molecular weight excluding hydrogens is 234 g/mol. The summed E-state index contributed by atoms with van der Waals surface area (Å²) in [6, 6.07) is 3.81. The lowest BCUT2D eigenvalue weighted by Crippen LogP contribution is -2.41. The largest absolute Gasteiger partial charge is 0.467 e. The lowest BCUT2D eigenvalue weighted by atomic mass is 10.0. The number of carbonyl (C=O) groups excluding carboxylic acids is 1. The molecule has 5 nitrogen and oxygen atoms in total. The summed E-state index contributed by atoms with van der Waals surface area (Å²) in [4.78, 5) is 10.5. The molecule has 18 heavy (non-hydrogen) atoms. The predicted octanol–water partition coefficient (Wildman–Crippen LogP) is 2.49. The quantitative estimate of drug-likeness (QED) is 0.667. The monoisotopic (exact) mass is 257 g/mol. The fourth-order valence-corrected chi connectivity index (χ4v) is 1.12. The number of hydrogen-bond acceptors (Lipinski definition) is 4. The first kappa shape index (κ1) is 16.7. The van der Waals surface area contributed by atoms with Gasteiger partial charge in [-0.05, 0) is 19.1 Å². The van der Waals surface area contributed by atoms with Crippen molar-refractivity contribution in [2.75, 3.05) is 14.2 Å². The fraction of sp³-hybridized carbons (Fsp3) is 0.615. The van der Waals surface area contributed by atoms with E-state index in [-0.39, 0.29) is 18.2 Å². The maximum absolute atomic E-state index is 10.5. The average Bonchev–Trinajstić information content (AvgIpc) is 2.90. The van der Waals surface area contributed by atoms with E-state index in [0.717, 1.165) is 5.76 Å². The van der Waals surface area contributed by atoms with Crippen LogP contribution >= 0.6 is 0 Å². The Labute approximate surface area is 108 Å². The van der Waals surface area contributed by atoms with Gasteiger partial charge in [0.1, 0.15) is 5.76 Å². The van der Waals surface area contributed by atoms with Gasteiger partial charge in [-0.2, -0.15) is 0 Å². The van der Waals surface area contributed by atoms with Crippen LogP contribution < -0.4 is 5.32 Å². The Bertz CT molecular complexity index is 299. The van der Waals surface area contributed by atoms with E-state index < -0.39 is 0 Å². The topological polar surface area (TPSA) is 60.7 Å². The highest BCUT2D eigenvalue weighted by Crippen LogP contribution is 2.23. The van der Waals surface area contributed by atoms with E-state index in [2.05, 4.69) is 14.8 Å². The first-order valence-corrected chi connectivity index (χ1v) is 6.05. The molecule has 5 heteroatoms. The Morgan fingerprint density at radius 1 is 1.39 bits per heavy atom. The van der Waals surface area contributed by atoms with Crippen molar-refractivity contribution in [1.82, 2.24) is 5.32 Å². The molecule has 1 aliphatic rings. The summed E-state index contributed by atoms with van der Waals surface area (Å²) in [5.41, 5.74) is 0. The van der Waals surface area contributed by atoms with Gasteiger partial charge < -0.3 is 19.2 Å². The first-order chi connectivity index (χ1) is 8.67. The zero-order valence-electron chi connectivity index (χ0n) is 11.7. The molecule has 0 bridgehead atoms. The zero-order valence-corrected chi connectivity index (χ0v) is 11.7. The van der Waals surface area contributed by atoms with Crippen LogP contribution in [0.25, 0.3) is 0 Å². The van der Waals surface area contributed by atoms with E-state index in [4.69, 9.17) is 4.42 Å². The molecule has 1 saturated heterocycles. The van der Waals surface area contributed by atoms with Crippen LogP contribution in [0.1, 0.15) is 39.0 Å². The zero-order chi connectivity index (χ0) is 14.0. The number of β-lactam (4-membered cyclic amide) rings is 1. The van der Waals surface area contributed by atoms with E-state index in [1.807, 2.05) is 32.9 Å². The summed E-state index contributed by atoms with van der Waals surface area (Å²) in [5, 5.41) is 2.71. The predicted molar refractivity (Wildman–Crippen MR) is 69.0 cm³/mol. The van der Waals surface area contributed by atoms with Gasteiger partial charge in [-0.25, -0.2) is 0 Å². The molecule has 0 aromatic carbocycles. The van der Waals surface area contributed by atoms with E-state index in [1.165, 1.54) is 0 Å². The van der Waals surface area contributed by atoms with Crippen LogP contribution in [0.2, 0.25) is 0 Å². The summed E-state index contributed by atoms with van der Waals surface area (Å²) in [5.74, 6) is 0.945. The molecule has 0 radical (unpaired) electrons. The number of hydrogen-bond donors (Lipinski definition) is 1. The van der Waals surface area contributed by atoms with Gasteiger partial charge in [-0.15, -0.1) is 0 Å². The van der Waals surface area contributed by atoms with Crippen molar-refractivity contribution < 1.29 is 18.7 Å². The number of rotatable bonds is 3. The molecule has 0 unspecified atom stereocenters. The number of nitrogens with one attached hydrogen (secondary N) is 1. The van der Waals surface area contributed by atoms with Crippen molar-refractivity contribution in [3.8, 4) is 0 Å². The molecule has 0 spiro atoms. The Hall–Kier alpha value is -1.33. The lowest BCUT2D eigenvalue weighted by Gasteiger charge is -2.24. The third-order valence-electron chi connectivity index (χ3n) is 2.28. The van der Waals surface area contributed by atoms with Gasteiger partial charge in [0.15, 0.2) is 6.29 Å². The Kier molecular flexibility index (Phi) is 8.96. The van der Waals surface area contributed by atoms with Crippen molar-refractivity contribution in [2.24, 2.45) is 0 Å². The number of carbonyl (C=O) groups is 1. The second kappa shape index (κ2) is 9.67. The molecule has 1 fully saturated rings. The molecule has 1 amide bonds. The molecule has 0 saturated carbocycles. The van der Waals surface area contributed by atoms with Gasteiger partial charge in [-0.3, -0.25) is 4.79 Å². The summed E-state index contributed by atoms with van der Waals surface area (Å²) in [6.07, 6.45) is 2.11. The molecule has 1 aliphatic heterocycles. The summed E-state index contributed by atoms with van der Waals surface area (Å²) >= 11 is 0. The number of ether oxygens (including phenoxy) is 2. The van der Waals surface area contributed by atoms with Crippen LogP contribution in [0.5, 0.6) is 0 Å².